The van der Waals surface area contributed by atoms with Crippen molar-refractivity contribution in [3.8, 4) is 0 Å². The van der Waals surface area contributed by atoms with Gasteiger partial charge >= 0.3 is 5.97 Å². The van der Waals surface area contributed by atoms with E-state index < -0.39 is 48.7 Å². The van der Waals surface area contributed by atoms with E-state index in [1.165, 1.54) is 6.08 Å². The van der Waals surface area contributed by atoms with Gasteiger partial charge in [-0.3, -0.25) is 19.2 Å². The van der Waals surface area contributed by atoms with E-state index in [0.29, 0.717) is 45.3 Å². The molecule has 5 heterocycles. The van der Waals surface area contributed by atoms with Gasteiger partial charge in [-0.2, -0.15) is 0 Å². The van der Waals surface area contributed by atoms with Crippen molar-refractivity contribution in [2.45, 2.75) is 58.8 Å². The highest BCUT2D eigenvalue weighted by Crippen LogP contribution is 2.52. The fraction of sp³-hybridized carbons (Fsp3) is 0.317. The minimum atomic E-state index is -1.22. The summed E-state index contributed by atoms with van der Waals surface area (Å²) >= 11 is 0. The number of carbonyl (C=O) groups is 4. The highest BCUT2D eigenvalue weighted by Gasteiger charge is 2.51. The second-order valence-corrected chi connectivity index (χ2v) is 13.8. The van der Waals surface area contributed by atoms with Gasteiger partial charge in [-0.05, 0) is 98.2 Å². The number of ketones is 3. The molecule has 2 aromatic rings. The van der Waals surface area contributed by atoms with E-state index in [9.17, 15) is 39.6 Å². The van der Waals surface area contributed by atoms with Crippen LogP contribution in [0.5, 0.6) is 0 Å². The number of H-pyrrole nitrogens is 2. The lowest BCUT2D eigenvalue weighted by atomic mass is 9.62. The van der Waals surface area contributed by atoms with Crippen molar-refractivity contribution in [2.75, 3.05) is 19.8 Å². The number of nitrogens with one attached hydrogen (secondary N) is 2. The van der Waals surface area contributed by atoms with E-state index in [2.05, 4.69) is 16.5 Å². The molecule has 0 aromatic carbocycles. The number of hydrogen-bond acceptors (Lipinski definition) is 9. The topological polar surface area (TPSA) is 207 Å². The molecule has 0 saturated carbocycles. The summed E-state index contributed by atoms with van der Waals surface area (Å²) in [4.78, 5) is 67.7. The molecule has 53 heavy (non-hydrogen) atoms. The van der Waals surface area contributed by atoms with Gasteiger partial charge in [-0.1, -0.05) is 24.8 Å². The van der Waals surface area contributed by atoms with Crippen molar-refractivity contribution in [1.29, 1.82) is 0 Å². The van der Waals surface area contributed by atoms with Crippen molar-refractivity contribution in [3.63, 3.8) is 0 Å². The predicted octanol–water partition coefficient (Wildman–Crippen LogP) is 4.77. The van der Waals surface area contributed by atoms with Crippen LogP contribution in [0.3, 0.4) is 0 Å². The van der Waals surface area contributed by atoms with Crippen molar-refractivity contribution in [3.05, 3.63) is 99.9 Å². The van der Waals surface area contributed by atoms with Crippen LogP contribution >= 0.6 is 0 Å². The second-order valence-electron chi connectivity index (χ2n) is 13.8. The number of aliphatic hydroxyl groups excluding tert-OH is 3. The first-order valence-corrected chi connectivity index (χ1v) is 17.4. The maximum absolute atomic E-state index is 13.6. The first kappa shape index (κ1) is 37.2. The molecule has 274 valence electrons. The Morgan fingerprint density at radius 2 is 1.53 bits per heavy atom. The highest BCUT2D eigenvalue weighted by molar-refractivity contribution is 6.07. The SMILES string of the molecule is C=CC1=C(C)c2cc3[nH]c(cc4nc(cc5[nH]c(cc1n2)c(C)c5CCC(=O)O)C(CCC(=O)CO)=C4C)[C@]1(C)C3=CC=C(C(=O)CO)[C@@H]1C(=O)CO. The number of allylic oxidation sites excluding steroid dienone is 8. The summed E-state index contributed by atoms with van der Waals surface area (Å²) in [6.07, 6.45) is 5.46. The van der Waals surface area contributed by atoms with E-state index in [1.807, 2.05) is 45.9 Å². The molecular formula is C41H42N4O8. The number of carbonyl (C=O) groups excluding carboxylic acids is 3. The smallest absolute Gasteiger partial charge is 0.303 e. The molecule has 2 aromatic heterocycles. The van der Waals surface area contributed by atoms with E-state index >= 15 is 0 Å². The van der Waals surface area contributed by atoms with Crippen LogP contribution in [0.4, 0.5) is 0 Å². The average Bonchev–Trinajstić information content (AvgIpc) is 3.79. The third kappa shape index (κ3) is 6.43. The van der Waals surface area contributed by atoms with E-state index in [1.54, 1.807) is 18.2 Å². The van der Waals surface area contributed by atoms with Crippen LogP contribution in [-0.4, -0.2) is 83.5 Å². The van der Waals surface area contributed by atoms with Crippen LogP contribution in [0.1, 0.15) is 85.3 Å². The fourth-order valence-electron chi connectivity index (χ4n) is 7.86. The Bertz CT molecular complexity index is 2320. The zero-order chi connectivity index (χ0) is 38.4. The summed E-state index contributed by atoms with van der Waals surface area (Å²) in [5.41, 5.74) is 9.07. The Hall–Kier alpha value is -5.56. The van der Waals surface area contributed by atoms with Gasteiger partial charge in [0.05, 0.1) is 28.7 Å². The first-order valence-electron chi connectivity index (χ1n) is 17.4. The molecular weight excluding hydrogens is 676 g/mol. The van der Waals surface area contributed by atoms with Crippen LogP contribution in [-0.2, 0) is 31.0 Å². The minimum Gasteiger partial charge on any atom is -0.481 e. The molecule has 0 unspecified atom stereocenters. The van der Waals surface area contributed by atoms with Gasteiger partial charge in [-0.15, -0.1) is 0 Å². The number of aromatic nitrogens is 4. The first-order chi connectivity index (χ1) is 25.3. The summed E-state index contributed by atoms with van der Waals surface area (Å²) in [7, 11) is 0. The van der Waals surface area contributed by atoms with Crippen molar-refractivity contribution in [2.24, 2.45) is 5.92 Å². The maximum Gasteiger partial charge on any atom is 0.303 e. The van der Waals surface area contributed by atoms with Crippen molar-refractivity contribution >= 4 is 62.2 Å². The lowest BCUT2D eigenvalue weighted by molar-refractivity contribution is -0.137. The number of carboxylic acids is 1. The quantitative estimate of drug-likeness (QED) is 0.177. The Balaban J connectivity index is 1.76. The molecule has 2 atom stereocenters. The fourth-order valence-corrected chi connectivity index (χ4v) is 7.86. The summed E-state index contributed by atoms with van der Waals surface area (Å²) in [5.74, 6) is -3.67. The zero-order valence-corrected chi connectivity index (χ0v) is 30.1. The molecule has 12 nitrogen and oxygen atoms in total. The molecule has 6 N–H and O–H groups in total. The molecule has 1 aliphatic carbocycles. The number of hydrogen-bond donors (Lipinski definition) is 6. The van der Waals surface area contributed by atoms with Crippen LogP contribution in [0, 0.1) is 12.8 Å². The van der Waals surface area contributed by atoms with Gasteiger partial charge in [0, 0.05) is 51.8 Å². The predicted molar refractivity (Wildman–Crippen MR) is 201 cm³/mol. The molecule has 12 heteroatoms. The molecule has 0 radical (unpaired) electrons. The second kappa shape index (κ2) is 14.5. The maximum atomic E-state index is 13.6. The lowest BCUT2D eigenvalue weighted by Crippen LogP contribution is -2.43. The number of aliphatic carboxylic acids is 1. The average molecular weight is 719 g/mol. The van der Waals surface area contributed by atoms with Gasteiger partial charge in [0.25, 0.3) is 0 Å². The molecule has 0 spiro atoms. The summed E-state index contributed by atoms with van der Waals surface area (Å²) in [6, 6.07) is 7.40. The number of aliphatic hydroxyl groups is 3. The van der Waals surface area contributed by atoms with Gasteiger partial charge in [0.1, 0.15) is 19.8 Å². The number of aromatic amines is 2. The monoisotopic (exact) mass is 718 g/mol. The number of rotatable bonds is 12. The van der Waals surface area contributed by atoms with Crippen LogP contribution in [0.2, 0.25) is 0 Å². The highest BCUT2D eigenvalue weighted by atomic mass is 16.4. The number of aryl methyl sites for hydroxylation is 2. The molecule has 6 rings (SSSR count). The largest absolute Gasteiger partial charge is 0.481 e. The molecule has 3 aliphatic heterocycles. The van der Waals surface area contributed by atoms with E-state index in [-0.39, 0.29) is 37.0 Å². The van der Waals surface area contributed by atoms with Crippen molar-refractivity contribution < 1.29 is 39.6 Å². The Morgan fingerprint density at radius 1 is 0.830 bits per heavy atom. The molecule has 0 amide bonds. The van der Waals surface area contributed by atoms with Gasteiger partial charge in [-0.25, -0.2) is 9.97 Å². The molecule has 0 saturated heterocycles. The van der Waals surface area contributed by atoms with Gasteiger partial charge < -0.3 is 30.4 Å². The number of fused-ring (bicyclic) bond motifs is 11. The van der Waals surface area contributed by atoms with E-state index in [0.717, 1.165) is 38.9 Å². The third-order valence-corrected chi connectivity index (χ3v) is 10.8. The van der Waals surface area contributed by atoms with Gasteiger partial charge in [0.2, 0.25) is 0 Å². The van der Waals surface area contributed by atoms with Gasteiger partial charge in [0.15, 0.2) is 17.3 Å². The molecule has 4 aliphatic rings. The van der Waals surface area contributed by atoms with Crippen LogP contribution < -0.4 is 0 Å². The Labute approximate surface area is 305 Å². The van der Waals surface area contributed by atoms with Crippen molar-refractivity contribution in [1.82, 2.24) is 19.9 Å². The Kier molecular flexibility index (Phi) is 10.1. The molecule has 8 bridgehead atoms. The third-order valence-electron chi connectivity index (χ3n) is 10.8. The Morgan fingerprint density at radius 3 is 2.19 bits per heavy atom. The standard InChI is InChI=1S/C41H42N4O8/c1-6-24-20(2)30-14-35-28-11-9-27(36(50)18-47)40(37(51)19-48)41(28,5)38(45-35)16-31-22(4)25(8-7-23(49)17-46)33(44-31)15-34-26(10-12-39(52)53)21(3)29(43-34)13-32(24)42-30/h6,9,11,13-16,40,43,45-48H,1,7-8,10,12,17-19H2,2-5H3,(H,52,53)/t40-,41+/m1/s1. The molecule has 0 fully saturated rings. The van der Waals surface area contributed by atoms with E-state index in [4.69, 9.17) is 9.97 Å². The lowest BCUT2D eigenvalue weighted by Gasteiger charge is -2.38. The summed E-state index contributed by atoms with van der Waals surface area (Å²) in [6.45, 7) is 9.32. The summed E-state index contributed by atoms with van der Waals surface area (Å²) < 4.78 is 0. The zero-order valence-electron chi connectivity index (χ0n) is 30.1. The van der Waals surface area contributed by atoms with Crippen LogP contribution in [0.15, 0.2) is 54.6 Å². The normalized spacial score (nSPS) is 18.7. The minimum absolute atomic E-state index is 0.0588. The number of Topliss-reactive ketones (excluding diaryl/α,β-unsaturated/α-hetero) is 3. The number of carboxylic acid groups (broad SMARTS) is 1. The number of nitrogens with zero attached hydrogens (tertiary/aromatic N) is 2. The summed E-state index contributed by atoms with van der Waals surface area (Å²) in [5, 5.41) is 39.1. The van der Waals surface area contributed by atoms with Crippen LogP contribution in [0.25, 0.3) is 38.9 Å².